The third kappa shape index (κ3) is 4.64. The number of aromatic carboxylic acids is 1. The molecular formula is C23H18F3NO3S. The van der Waals surface area contributed by atoms with Crippen LogP contribution in [-0.2, 0) is 17.5 Å². The van der Waals surface area contributed by atoms with Crippen LogP contribution < -0.4 is 4.90 Å². The van der Waals surface area contributed by atoms with Gasteiger partial charge in [-0.05, 0) is 42.2 Å². The van der Waals surface area contributed by atoms with E-state index in [-0.39, 0.29) is 28.9 Å². The quantitative estimate of drug-likeness (QED) is 0.501. The number of nitrogens with zero attached hydrogens (tertiary/aromatic N) is 1. The first kappa shape index (κ1) is 21.1. The summed E-state index contributed by atoms with van der Waals surface area (Å²) in [6, 6.07) is 15.5. The van der Waals surface area contributed by atoms with Crippen molar-refractivity contribution in [2.45, 2.75) is 25.6 Å². The first-order valence-electron chi connectivity index (χ1n) is 9.64. The fourth-order valence-corrected chi connectivity index (χ4v) is 4.30. The van der Waals surface area contributed by atoms with Gasteiger partial charge in [0.15, 0.2) is 0 Å². The molecule has 1 N–H and O–H groups in total. The molecule has 1 aliphatic rings. The van der Waals surface area contributed by atoms with Gasteiger partial charge in [-0.2, -0.15) is 13.2 Å². The van der Waals surface area contributed by atoms with Crippen LogP contribution in [0.4, 0.5) is 18.9 Å². The summed E-state index contributed by atoms with van der Waals surface area (Å²) in [6.45, 7) is -0.00128. The lowest BCUT2D eigenvalue weighted by molar-refractivity contribution is -0.137. The van der Waals surface area contributed by atoms with E-state index in [0.717, 1.165) is 41.9 Å². The monoisotopic (exact) mass is 445 g/mol. The molecule has 0 bridgehead atoms. The maximum absolute atomic E-state index is 13.0. The molecule has 1 fully saturated rings. The van der Waals surface area contributed by atoms with Crippen molar-refractivity contribution in [3.63, 3.8) is 0 Å². The number of amides is 1. The predicted molar refractivity (Wildman–Crippen MR) is 112 cm³/mol. The van der Waals surface area contributed by atoms with Crippen LogP contribution in [0, 0.1) is 5.92 Å². The van der Waals surface area contributed by atoms with E-state index in [1.807, 2.05) is 30.3 Å². The van der Waals surface area contributed by atoms with E-state index < -0.39 is 17.7 Å². The highest BCUT2D eigenvalue weighted by Crippen LogP contribution is 2.40. The summed E-state index contributed by atoms with van der Waals surface area (Å²) in [4.78, 5) is 27.1. The fraction of sp³-hybridized carbons (Fsp3) is 0.217. The summed E-state index contributed by atoms with van der Waals surface area (Å²) >= 11 is 1.07. The Morgan fingerprint density at radius 3 is 2.23 bits per heavy atom. The lowest BCUT2D eigenvalue weighted by Gasteiger charge is -2.23. The minimum Gasteiger partial charge on any atom is -0.477 e. The minimum atomic E-state index is -4.45. The fourth-order valence-electron chi connectivity index (χ4n) is 3.29. The molecule has 0 spiro atoms. The molecule has 1 saturated carbocycles. The van der Waals surface area contributed by atoms with Gasteiger partial charge in [0.2, 0.25) is 5.91 Å². The van der Waals surface area contributed by atoms with Crippen LogP contribution in [-0.4, -0.2) is 17.0 Å². The summed E-state index contributed by atoms with van der Waals surface area (Å²) < 4.78 is 38.6. The summed E-state index contributed by atoms with van der Waals surface area (Å²) in [5.41, 5.74) is 0.818. The predicted octanol–water partition coefficient (Wildman–Crippen LogP) is 6.08. The average molecular weight is 445 g/mol. The van der Waals surface area contributed by atoms with Crippen molar-refractivity contribution in [1.82, 2.24) is 0 Å². The second-order valence-corrected chi connectivity index (χ2v) is 8.44. The van der Waals surface area contributed by atoms with E-state index in [4.69, 9.17) is 0 Å². The van der Waals surface area contributed by atoms with E-state index in [0.29, 0.717) is 10.4 Å². The molecule has 1 aromatic heterocycles. The molecule has 31 heavy (non-hydrogen) atoms. The molecule has 8 heteroatoms. The number of thiophene rings is 1. The molecule has 3 aromatic rings. The molecular weight excluding hydrogens is 427 g/mol. The Morgan fingerprint density at radius 2 is 1.68 bits per heavy atom. The largest absolute Gasteiger partial charge is 0.477 e. The second kappa shape index (κ2) is 8.19. The number of benzene rings is 2. The third-order valence-corrected chi connectivity index (χ3v) is 6.23. The normalized spacial score (nSPS) is 13.8. The van der Waals surface area contributed by atoms with Crippen LogP contribution in [0.25, 0.3) is 10.4 Å². The van der Waals surface area contributed by atoms with Crippen LogP contribution in [0.2, 0.25) is 0 Å². The van der Waals surface area contributed by atoms with Crippen molar-refractivity contribution in [3.8, 4) is 10.4 Å². The topological polar surface area (TPSA) is 57.6 Å². The highest BCUT2D eigenvalue weighted by atomic mass is 32.1. The third-order valence-electron chi connectivity index (χ3n) is 5.07. The smallest absolute Gasteiger partial charge is 0.416 e. The summed E-state index contributed by atoms with van der Waals surface area (Å²) in [5, 5.41) is 9.75. The lowest BCUT2D eigenvalue weighted by atomic mass is 10.1. The molecule has 0 aliphatic heterocycles. The second-order valence-electron chi connectivity index (χ2n) is 7.39. The first-order valence-corrected chi connectivity index (χ1v) is 10.5. The number of rotatable bonds is 6. The number of carbonyl (C=O) groups is 2. The number of hydrogen-bond acceptors (Lipinski definition) is 3. The number of anilines is 1. The zero-order chi connectivity index (χ0) is 22.2. The van der Waals surface area contributed by atoms with Crippen LogP contribution in [0.5, 0.6) is 0 Å². The van der Waals surface area contributed by atoms with Crippen LogP contribution >= 0.6 is 11.3 Å². The van der Waals surface area contributed by atoms with Crippen LogP contribution in [0.1, 0.15) is 33.6 Å². The lowest BCUT2D eigenvalue weighted by Crippen LogP contribution is -2.32. The van der Waals surface area contributed by atoms with E-state index in [2.05, 4.69) is 0 Å². The zero-order valence-corrected chi connectivity index (χ0v) is 17.0. The molecule has 0 atom stereocenters. The number of carboxylic acids is 1. The van der Waals surface area contributed by atoms with Gasteiger partial charge in [-0.1, -0.05) is 42.5 Å². The van der Waals surface area contributed by atoms with Gasteiger partial charge in [0, 0.05) is 10.8 Å². The Morgan fingerprint density at radius 1 is 1.03 bits per heavy atom. The standard InChI is InChI=1S/C23H18F3NO3S/c24-23(25,26)17-10-6-14(7-11-17)13-27(21(28)16-8-9-16)18-12-19(31-20(18)22(29)30)15-4-2-1-3-5-15/h1-7,10-12,16H,8-9,13H2,(H,29,30). The van der Waals surface area contributed by atoms with Crippen molar-refractivity contribution >= 4 is 28.9 Å². The Kier molecular flexibility index (Phi) is 5.58. The van der Waals surface area contributed by atoms with Gasteiger partial charge in [0.25, 0.3) is 0 Å². The Labute approximate surface area is 180 Å². The van der Waals surface area contributed by atoms with E-state index in [9.17, 15) is 27.9 Å². The summed E-state index contributed by atoms with van der Waals surface area (Å²) in [7, 11) is 0. The minimum absolute atomic E-state index is 0.00128. The average Bonchev–Trinajstić information content (AvgIpc) is 3.50. The zero-order valence-electron chi connectivity index (χ0n) is 16.2. The molecule has 4 rings (SSSR count). The van der Waals surface area contributed by atoms with E-state index in [1.165, 1.54) is 17.0 Å². The van der Waals surface area contributed by atoms with Gasteiger partial charge in [-0.25, -0.2) is 4.79 Å². The molecule has 160 valence electrons. The van der Waals surface area contributed by atoms with E-state index in [1.54, 1.807) is 6.07 Å². The number of halogens is 3. The molecule has 1 heterocycles. The number of carboxylic acid groups (broad SMARTS) is 1. The maximum Gasteiger partial charge on any atom is 0.416 e. The Balaban J connectivity index is 1.72. The molecule has 2 aromatic carbocycles. The summed E-state index contributed by atoms with van der Waals surface area (Å²) in [6.07, 6.45) is -3.00. The van der Waals surface area contributed by atoms with Crippen molar-refractivity contribution in [3.05, 3.63) is 76.7 Å². The van der Waals surface area contributed by atoms with Crippen LogP contribution in [0.15, 0.2) is 60.7 Å². The van der Waals surface area contributed by atoms with Crippen molar-refractivity contribution < 1.29 is 27.9 Å². The van der Waals surface area contributed by atoms with Crippen molar-refractivity contribution in [2.75, 3.05) is 4.90 Å². The van der Waals surface area contributed by atoms with Gasteiger partial charge in [-0.15, -0.1) is 11.3 Å². The molecule has 0 unspecified atom stereocenters. The highest BCUT2D eigenvalue weighted by molar-refractivity contribution is 7.18. The van der Waals surface area contributed by atoms with Gasteiger partial charge in [0.1, 0.15) is 4.88 Å². The number of alkyl halides is 3. The highest BCUT2D eigenvalue weighted by Gasteiger charge is 2.36. The number of carbonyl (C=O) groups excluding carboxylic acids is 1. The maximum atomic E-state index is 13.0. The van der Waals surface area contributed by atoms with Gasteiger partial charge in [0.05, 0.1) is 17.8 Å². The molecule has 4 nitrogen and oxygen atoms in total. The molecule has 0 saturated heterocycles. The van der Waals surface area contributed by atoms with Crippen molar-refractivity contribution in [2.24, 2.45) is 5.92 Å². The SMILES string of the molecule is O=C(O)c1sc(-c2ccccc2)cc1N(Cc1ccc(C(F)(F)F)cc1)C(=O)C1CC1. The molecule has 1 amide bonds. The Hall–Kier alpha value is -3.13. The number of hydrogen-bond donors (Lipinski definition) is 1. The molecule has 1 aliphatic carbocycles. The van der Waals surface area contributed by atoms with E-state index >= 15 is 0 Å². The molecule has 0 radical (unpaired) electrons. The summed E-state index contributed by atoms with van der Waals surface area (Å²) in [5.74, 6) is -1.54. The van der Waals surface area contributed by atoms with Crippen molar-refractivity contribution in [1.29, 1.82) is 0 Å². The Bertz CT molecular complexity index is 1100. The van der Waals surface area contributed by atoms with Crippen LogP contribution in [0.3, 0.4) is 0 Å². The van der Waals surface area contributed by atoms with Gasteiger partial charge in [-0.3, -0.25) is 4.79 Å². The van der Waals surface area contributed by atoms with Gasteiger partial charge < -0.3 is 10.0 Å². The van der Waals surface area contributed by atoms with Gasteiger partial charge >= 0.3 is 12.1 Å². The first-order chi connectivity index (χ1) is 14.7.